The number of aliphatic carboxylic acids is 1. The third-order valence-electron chi connectivity index (χ3n) is 2.45. The number of carbonyl (C=O) groups excluding carboxylic acids is 1. The van der Waals surface area contributed by atoms with E-state index in [2.05, 4.69) is 5.32 Å². The minimum absolute atomic E-state index is 0.391. The Morgan fingerprint density at radius 1 is 1.37 bits per heavy atom. The van der Waals surface area contributed by atoms with Crippen LogP contribution < -0.4 is 5.32 Å². The number of carbonyl (C=O) groups is 2. The molecule has 0 aliphatic heterocycles. The van der Waals surface area contributed by atoms with Crippen LogP contribution in [-0.2, 0) is 9.59 Å². The van der Waals surface area contributed by atoms with E-state index in [-0.39, 0.29) is 0 Å². The van der Waals surface area contributed by atoms with Gasteiger partial charge in [-0.1, -0.05) is 30.3 Å². The third kappa shape index (κ3) is 6.10. The van der Waals surface area contributed by atoms with Crippen LogP contribution in [0, 0.1) is 0 Å². The average molecular weight is 279 g/mol. The van der Waals surface area contributed by atoms with Crippen LogP contribution in [0.2, 0.25) is 0 Å². The van der Waals surface area contributed by atoms with E-state index in [1.807, 2.05) is 36.6 Å². The van der Waals surface area contributed by atoms with Crippen molar-refractivity contribution in [2.45, 2.75) is 12.5 Å². The molecule has 1 aromatic rings. The second-order valence-corrected chi connectivity index (χ2v) is 4.91. The van der Waals surface area contributed by atoms with Crippen molar-refractivity contribution in [1.29, 1.82) is 0 Å². The van der Waals surface area contributed by atoms with Crippen molar-refractivity contribution >= 4 is 29.7 Å². The monoisotopic (exact) mass is 279 g/mol. The standard InChI is InChI=1S/C14H17NO3S/c1-19-10-9-12(14(17)18)15-13(16)8-7-11-5-3-2-4-6-11/h2-8,12H,9-10H2,1H3,(H,15,16)(H,17,18)/b8-7+/t12-/m0/s1. The highest BCUT2D eigenvalue weighted by Gasteiger charge is 2.17. The van der Waals surface area contributed by atoms with Crippen molar-refractivity contribution in [1.82, 2.24) is 5.32 Å². The second kappa shape index (κ2) is 8.37. The van der Waals surface area contributed by atoms with Crippen molar-refractivity contribution in [2.24, 2.45) is 0 Å². The number of hydrogen-bond donors (Lipinski definition) is 2. The van der Waals surface area contributed by atoms with Crippen molar-refractivity contribution < 1.29 is 14.7 Å². The number of benzene rings is 1. The zero-order valence-corrected chi connectivity index (χ0v) is 11.5. The number of thioether (sulfide) groups is 1. The summed E-state index contributed by atoms with van der Waals surface area (Å²) in [6, 6.07) is 8.53. The number of amides is 1. The van der Waals surface area contributed by atoms with E-state index < -0.39 is 17.9 Å². The highest BCUT2D eigenvalue weighted by molar-refractivity contribution is 7.98. The van der Waals surface area contributed by atoms with E-state index in [0.717, 1.165) is 5.56 Å². The second-order valence-electron chi connectivity index (χ2n) is 3.92. The molecular formula is C14H17NO3S. The van der Waals surface area contributed by atoms with Crippen LogP contribution in [0.5, 0.6) is 0 Å². The zero-order chi connectivity index (χ0) is 14.1. The smallest absolute Gasteiger partial charge is 0.326 e. The largest absolute Gasteiger partial charge is 0.480 e. The lowest BCUT2D eigenvalue weighted by molar-refractivity contribution is -0.141. The van der Waals surface area contributed by atoms with Crippen molar-refractivity contribution in [3.8, 4) is 0 Å². The molecule has 1 rings (SSSR count). The Kier molecular flexibility index (Phi) is 6.74. The Morgan fingerprint density at radius 2 is 2.05 bits per heavy atom. The van der Waals surface area contributed by atoms with Crippen molar-refractivity contribution in [3.63, 3.8) is 0 Å². The first kappa shape index (κ1) is 15.3. The van der Waals surface area contributed by atoms with Gasteiger partial charge in [-0.25, -0.2) is 4.79 Å². The lowest BCUT2D eigenvalue weighted by Gasteiger charge is -2.12. The number of carboxylic acids is 1. The highest BCUT2D eigenvalue weighted by atomic mass is 32.2. The predicted octanol–water partition coefficient (Wildman–Crippen LogP) is 2.02. The Bertz CT molecular complexity index is 445. The molecule has 0 bridgehead atoms. The fraction of sp³-hybridized carbons (Fsp3) is 0.286. The van der Waals surface area contributed by atoms with Gasteiger partial charge in [-0.15, -0.1) is 0 Å². The fourth-order valence-electron chi connectivity index (χ4n) is 1.45. The molecule has 0 spiro atoms. The van der Waals surface area contributed by atoms with Crippen molar-refractivity contribution in [3.05, 3.63) is 42.0 Å². The SMILES string of the molecule is CSCC[C@H](NC(=O)/C=C/c1ccccc1)C(=O)O. The van der Waals surface area contributed by atoms with Gasteiger partial charge in [-0.3, -0.25) is 4.79 Å². The molecule has 1 aromatic carbocycles. The molecule has 0 saturated heterocycles. The summed E-state index contributed by atoms with van der Waals surface area (Å²) >= 11 is 1.55. The molecule has 0 radical (unpaired) electrons. The summed E-state index contributed by atoms with van der Waals surface area (Å²) < 4.78 is 0. The van der Waals surface area contributed by atoms with Crippen LogP contribution in [-0.4, -0.2) is 35.0 Å². The minimum atomic E-state index is -1.00. The maximum Gasteiger partial charge on any atom is 0.326 e. The summed E-state index contributed by atoms with van der Waals surface area (Å²) in [7, 11) is 0. The van der Waals surface area contributed by atoms with Gasteiger partial charge in [0, 0.05) is 6.08 Å². The molecule has 5 heteroatoms. The molecule has 4 nitrogen and oxygen atoms in total. The van der Waals surface area contributed by atoms with Crippen LogP contribution in [0.4, 0.5) is 0 Å². The summed E-state index contributed by atoms with van der Waals surface area (Å²) in [5, 5.41) is 11.5. The molecule has 1 amide bonds. The zero-order valence-electron chi connectivity index (χ0n) is 10.7. The lowest BCUT2D eigenvalue weighted by Crippen LogP contribution is -2.40. The van der Waals surface area contributed by atoms with Gasteiger partial charge in [0.2, 0.25) is 5.91 Å². The molecule has 0 aliphatic carbocycles. The summed E-state index contributed by atoms with van der Waals surface area (Å²) in [6.07, 6.45) is 5.32. The first-order valence-electron chi connectivity index (χ1n) is 5.89. The quantitative estimate of drug-likeness (QED) is 0.749. The van der Waals surface area contributed by atoms with Gasteiger partial charge in [0.15, 0.2) is 0 Å². The molecular weight excluding hydrogens is 262 g/mol. The normalized spacial score (nSPS) is 12.3. The third-order valence-corrected chi connectivity index (χ3v) is 3.10. The van der Waals surface area contributed by atoms with Crippen LogP contribution in [0.25, 0.3) is 6.08 Å². The number of nitrogens with one attached hydrogen (secondary N) is 1. The summed E-state index contributed by atoms with van der Waals surface area (Å²) in [6.45, 7) is 0. The first-order chi connectivity index (χ1) is 9.13. The summed E-state index contributed by atoms with van der Waals surface area (Å²) in [5.41, 5.74) is 0.897. The first-order valence-corrected chi connectivity index (χ1v) is 7.28. The van der Waals surface area contributed by atoms with Crippen LogP contribution in [0.3, 0.4) is 0 Å². The summed E-state index contributed by atoms with van der Waals surface area (Å²) in [5.74, 6) is -0.701. The predicted molar refractivity (Wildman–Crippen MR) is 78.0 cm³/mol. The van der Waals surface area contributed by atoms with E-state index in [0.29, 0.717) is 12.2 Å². The fourth-order valence-corrected chi connectivity index (χ4v) is 1.92. The van der Waals surface area contributed by atoms with Gasteiger partial charge in [0.1, 0.15) is 6.04 Å². The Hall–Kier alpha value is -1.75. The van der Waals surface area contributed by atoms with E-state index in [1.54, 1.807) is 17.8 Å². The molecule has 1 atom stereocenters. The molecule has 0 aliphatic rings. The molecule has 19 heavy (non-hydrogen) atoms. The van der Waals surface area contributed by atoms with Crippen LogP contribution in [0.1, 0.15) is 12.0 Å². The molecule has 0 heterocycles. The van der Waals surface area contributed by atoms with E-state index in [9.17, 15) is 9.59 Å². The van der Waals surface area contributed by atoms with Gasteiger partial charge in [0.05, 0.1) is 0 Å². The number of carboxylic acid groups (broad SMARTS) is 1. The molecule has 102 valence electrons. The molecule has 0 saturated carbocycles. The lowest BCUT2D eigenvalue weighted by atomic mass is 10.2. The van der Waals surface area contributed by atoms with Crippen LogP contribution in [0.15, 0.2) is 36.4 Å². The minimum Gasteiger partial charge on any atom is -0.480 e. The average Bonchev–Trinajstić information content (AvgIpc) is 2.42. The highest BCUT2D eigenvalue weighted by Crippen LogP contribution is 2.03. The Morgan fingerprint density at radius 3 is 2.63 bits per heavy atom. The van der Waals surface area contributed by atoms with Crippen LogP contribution >= 0.6 is 11.8 Å². The summed E-state index contributed by atoms with van der Waals surface area (Å²) in [4.78, 5) is 22.6. The molecule has 0 fully saturated rings. The maximum absolute atomic E-state index is 11.6. The molecule has 0 unspecified atom stereocenters. The van der Waals surface area contributed by atoms with Gasteiger partial charge in [-0.2, -0.15) is 11.8 Å². The number of hydrogen-bond acceptors (Lipinski definition) is 3. The molecule has 2 N–H and O–H groups in total. The van der Waals surface area contributed by atoms with Crippen molar-refractivity contribution in [2.75, 3.05) is 12.0 Å². The topological polar surface area (TPSA) is 66.4 Å². The Balaban J connectivity index is 2.53. The van der Waals surface area contributed by atoms with E-state index in [4.69, 9.17) is 5.11 Å². The van der Waals surface area contributed by atoms with Gasteiger partial charge < -0.3 is 10.4 Å². The maximum atomic E-state index is 11.6. The Labute approximate surface area is 116 Å². The van der Waals surface area contributed by atoms with E-state index >= 15 is 0 Å². The van der Waals surface area contributed by atoms with E-state index in [1.165, 1.54) is 6.08 Å². The number of rotatable bonds is 7. The van der Waals surface area contributed by atoms with Gasteiger partial charge in [0.25, 0.3) is 0 Å². The van der Waals surface area contributed by atoms with Gasteiger partial charge in [-0.05, 0) is 30.1 Å². The van der Waals surface area contributed by atoms with Gasteiger partial charge >= 0.3 is 5.97 Å². The molecule has 0 aromatic heterocycles.